The van der Waals surface area contributed by atoms with Crippen LogP contribution in [0.2, 0.25) is 0 Å². The summed E-state index contributed by atoms with van der Waals surface area (Å²) < 4.78 is 6.30. The van der Waals surface area contributed by atoms with Gasteiger partial charge in [-0.3, -0.25) is 0 Å². The fourth-order valence-electron chi connectivity index (χ4n) is 1.59. The van der Waals surface area contributed by atoms with Crippen LogP contribution in [0.4, 0.5) is 0 Å². The lowest BCUT2D eigenvalue weighted by molar-refractivity contribution is 0.119. The summed E-state index contributed by atoms with van der Waals surface area (Å²) in [6, 6.07) is 3.88. The monoisotopic (exact) mass is 337 g/mol. The van der Waals surface area contributed by atoms with Gasteiger partial charge in [0.1, 0.15) is 5.76 Å². The Bertz CT molecular complexity index is 317. The summed E-state index contributed by atoms with van der Waals surface area (Å²) in [6.45, 7) is 7.67. The first-order valence-electron chi connectivity index (χ1n) is 5.50. The van der Waals surface area contributed by atoms with E-state index in [0.29, 0.717) is 13.1 Å². The van der Waals surface area contributed by atoms with Gasteiger partial charge in [-0.1, -0.05) is 20.8 Å². The lowest BCUT2D eigenvalue weighted by atomic mass is 9.89. The molecule has 16 heavy (non-hydrogen) atoms. The van der Waals surface area contributed by atoms with Crippen LogP contribution in [-0.4, -0.2) is 17.8 Å². The van der Waals surface area contributed by atoms with Crippen LogP contribution in [0.3, 0.4) is 0 Å². The molecule has 4 heteroatoms. The van der Waals surface area contributed by atoms with Crippen molar-refractivity contribution in [1.29, 1.82) is 0 Å². The number of rotatable bonds is 5. The molecule has 1 atom stereocenters. The average molecular weight is 337 g/mol. The molecule has 0 aliphatic carbocycles. The Hall–Kier alpha value is -0.0700. The molecule has 0 bridgehead atoms. The molecule has 1 rings (SSSR count). The van der Waals surface area contributed by atoms with Gasteiger partial charge in [0.15, 0.2) is 3.77 Å². The van der Waals surface area contributed by atoms with E-state index in [2.05, 4.69) is 48.7 Å². The summed E-state index contributed by atoms with van der Waals surface area (Å²) in [5.74, 6) is 0.910. The van der Waals surface area contributed by atoms with E-state index in [4.69, 9.17) is 4.42 Å². The van der Waals surface area contributed by atoms with Gasteiger partial charge < -0.3 is 14.8 Å². The van der Waals surface area contributed by atoms with Crippen molar-refractivity contribution >= 4 is 22.6 Å². The molecule has 1 unspecified atom stereocenters. The van der Waals surface area contributed by atoms with E-state index < -0.39 is 0 Å². The summed E-state index contributed by atoms with van der Waals surface area (Å²) in [4.78, 5) is 0. The molecule has 2 N–H and O–H groups in total. The van der Waals surface area contributed by atoms with Crippen molar-refractivity contribution in [2.75, 3.05) is 6.54 Å². The third kappa shape index (κ3) is 5.86. The Kier molecular flexibility index (Phi) is 5.27. The Labute approximate surface area is 111 Å². The minimum atomic E-state index is -0.297. The molecule has 0 spiro atoms. The van der Waals surface area contributed by atoms with Crippen molar-refractivity contribution in [2.45, 2.75) is 39.8 Å². The Morgan fingerprint density at radius 3 is 2.62 bits per heavy atom. The quantitative estimate of drug-likeness (QED) is 0.812. The third-order valence-electron chi connectivity index (χ3n) is 2.16. The lowest BCUT2D eigenvalue weighted by Gasteiger charge is -2.22. The molecule has 0 amide bonds. The maximum absolute atomic E-state index is 9.77. The summed E-state index contributed by atoms with van der Waals surface area (Å²) in [5, 5.41) is 13.0. The van der Waals surface area contributed by atoms with Gasteiger partial charge in [-0.15, -0.1) is 0 Å². The van der Waals surface area contributed by atoms with Crippen LogP contribution < -0.4 is 5.32 Å². The van der Waals surface area contributed by atoms with Crippen LogP contribution in [0.5, 0.6) is 0 Å². The molecule has 92 valence electrons. The minimum absolute atomic E-state index is 0.168. The van der Waals surface area contributed by atoms with Crippen molar-refractivity contribution in [3.05, 3.63) is 21.7 Å². The largest absolute Gasteiger partial charge is 0.454 e. The number of aliphatic hydroxyl groups excluding tert-OH is 1. The van der Waals surface area contributed by atoms with E-state index in [9.17, 15) is 5.11 Å². The zero-order chi connectivity index (χ0) is 12.2. The molecule has 0 saturated heterocycles. The van der Waals surface area contributed by atoms with E-state index in [0.717, 1.165) is 15.9 Å². The summed E-state index contributed by atoms with van der Waals surface area (Å²) >= 11 is 2.14. The molecule has 0 aliphatic rings. The van der Waals surface area contributed by atoms with Gasteiger partial charge >= 0.3 is 0 Å². The summed E-state index contributed by atoms with van der Waals surface area (Å²) in [6.07, 6.45) is 0.504. The number of aliphatic hydroxyl groups is 1. The SMILES string of the molecule is CC(C)(C)CC(O)CNCc1ccc(I)o1. The van der Waals surface area contributed by atoms with Crippen LogP contribution in [0.25, 0.3) is 0 Å². The van der Waals surface area contributed by atoms with Crippen molar-refractivity contribution < 1.29 is 9.52 Å². The highest BCUT2D eigenvalue weighted by atomic mass is 127. The number of hydrogen-bond acceptors (Lipinski definition) is 3. The lowest BCUT2D eigenvalue weighted by Crippen LogP contribution is -2.29. The molecule has 1 aromatic heterocycles. The second kappa shape index (κ2) is 6.02. The van der Waals surface area contributed by atoms with Crippen molar-refractivity contribution in [2.24, 2.45) is 5.41 Å². The predicted molar refractivity (Wildman–Crippen MR) is 73.2 cm³/mol. The summed E-state index contributed by atoms with van der Waals surface area (Å²) in [5.41, 5.74) is 0.168. The smallest absolute Gasteiger partial charge is 0.164 e. The van der Waals surface area contributed by atoms with Gasteiger partial charge in [-0.25, -0.2) is 0 Å². The van der Waals surface area contributed by atoms with E-state index in [-0.39, 0.29) is 11.5 Å². The maximum atomic E-state index is 9.77. The molecule has 0 aliphatic heterocycles. The van der Waals surface area contributed by atoms with E-state index in [1.165, 1.54) is 0 Å². The van der Waals surface area contributed by atoms with Gasteiger partial charge in [0.2, 0.25) is 0 Å². The third-order valence-corrected chi connectivity index (χ3v) is 2.74. The fraction of sp³-hybridized carbons (Fsp3) is 0.667. The van der Waals surface area contributed by atoms with Crippen molar-refractivity contribution in [3.8, 4) is 0 Å². The van der Waals surface area contributed by atoms with Crippen molar-refractivity contribution in [3.63, 3.8) is 0 Å². The van der Waals surface area contributed by atoms with Crippen LogP contribution in [0.1, 0.15) is 33.0 Å². The maximum Gasteiger partial charge on any atom is 0.164 e. The van der Waals surface area contributed by atoms with Crippen LogP contribution in [0.15, 0.2) is 16.5 Å². The molecular formula is C12H20INO2. The van der Waals surface area contributed by atoms with Crippen LogP contribution in [-0.2, 0) is 6.54 Å². The molecule has 1 heterocycles. The molecule has 0 saturated carbocycles. The Balaban J connectivity index is 2.20. The Morgan fingerprint density at radius 2 is 2.12 bits per heavy atom. The van der Waals surface area contributed by atoms with Crippen LogP contribution >= 0.6 is 22.6 Å². The van der Waals surface area contributed by atoms with E-state index in [1.807, 2.05) is 12.1 Å². The highest BCUT2D eigenvalue weighted by Gasteiger charge is 2.16. The second-order valence-electron chi connectivity index (χ2n) is 5.26. The Morgan fingerprint density at radius 1 is 1.44 bits per heavy atom. The second-order valence-corrected chi connectivity index (χ2v) is 6.32. The highest BCUT2D eigenvalue weighted by Crippen LogP contribution is 2.20. The minimum Gasteiger partial charge on any atom is -0.454 e. The topological polar surface area (TPSA) is 45.4 Å². The van der Waals surface area contributed by atoms with Gasteiger partial charge in [0.05, 0.1) is 12.6 Å². The number of hydrogen-bond donors (Lipinski definition) is 2. The molecule has 3 nitrogen and oxygen atoms in total. The van der Waals surface area contributed by atoms with Gasteiger partial charge in [0, 0.05) is 6.54 Å². The highest BCUT2D eigenvalue weighted by molar-refractivity contribution is 14.1. The molecule has 0 aromatic carbocycles. The molecule has 0 fully saturated rings. The van der Waals surface area contributed by atoms with Gasteiger partial charge in [0.25, 0.3) is 0 Å². The first-order valence-corrected chi connectivity index (χ1v) is 6.58. The fourth-order valence-corrected chi connectivity index (χ4v) is 2.05. The van der Waals surface area contributed by atoms with Crippen molar-refractivity contribution in [1.82, 2.24) is 5.32 Å². The van der Waals surface area contributed by atoms with E-state index in [1.54, 1.807) is 0 Å². The van der Waals surface area contributed by atoms with E-state index >= 15 is 0 Å². The van der Waals surface area contributed by atoms with Gasteiger partial charge in [-0.05, 0) is 46.6 Å². The zero-order valence-electron chi connectivity index (χ0n) is 10.1. The molecular weight excluding hydrogens is 317 g/mol. The van der Waals surface area contributed by atoms with Gasteiger partial charge in [-0.2, -0.15) is 0 Å². The normalized spacial score (nSPS) is 14.1. The zero-order valence-corrected chi connectivity index (χ0v) is 12.2. The average Bonchev–Trinajstić information content (AvgIpc) is 2.48. The number of nitrogens with one attached hydrogen (secondary N) is 1. The number of halogens is 1. The molecule has 0 radical (unpaired) electrons. The number of furan rings is 1. The van der Waals surface area contributed by atoms with Crippen LogP contribution in [0, 0.1) is 9.18 Å². The molecule has 1 aromatic rings. The predicted octanol–water partition coefficient (Wildman–Crippen LogP) is 2.77. The standard InChI is InChI=1S/C12H20INO2/c1-12(2,3)6-9(15)7-14-8-10-4-5-11(13)16-10/h4-5,9,14-15H,6-8H2,1-3H3. The summed E-state index contributed by atoms with van der Waals surface area (Å²) in [7, 11) is 0. The first-order chi connectivity index (χ1) is 7.37. The first kappa shape index (κ1) is 14.0.